The van der Waals surface area contributed by atoms with Gasteiger partial charge in [-0.15, -0.1) is 0 Å². The molecule has 0 spiro atoms. The van der Waals surface area contributed by atoms with Gasteiger partial charge in [-0.05, 0) is 32.0 Å². The van der Waals surface area contributed by atoms with Crippen molar-refractivity contribution in [3.63, 3.8) is 0 Å². The molecule has 17 heavy (non-hydrogen) atoms. The molecule has 0 saturated heterocycles. The molecule has 0 heterocycles. The molecule has 1 rings (SSSR count). The minimum Gasteiger partial charge on any atom is -0.506 e. The first-order chi connectivity index (χ1) is 7.80. The van der Waals surface area contributed by atoms with Crippen molar-refractivity contribution in [1.82, 2.24) is 4.31 Å². The number of anilines is 1. The normalized spacial score (nSPS) is 12.3. The fourth-order valence-corrected chi connectivity index (χ4v) is 3.32. The van der Waals surface area contributed by atoms with Crippen LogP contribution in [0.4, 0.5) is 5.69 Å². The van der Waals surface area contributed by atoms with E-state index in [-0.39, 0.29) is 22.4 Å². The second-order valence-corrected chi connectivity index (χ2v) is 5.91. The summed E-state index contributed by atoms with van der Waals surface area (Å²) in [7, 11) is -3.55. The third-order valence-corrected chi connectivity index (χ3v) is 4.64. The predicted octanol–water partition coefficient (Wildman–Crippen LogP) is 1.39. The monoisotopic (exact) mass is 258 g/mol. The first-order valence-corrected chi connectivity index (χ1v) is 6.85. The van der Waals surface area contributed by atoms with Crippen molar-refractivity contribution in [2.45, 2.75) is 31.7 Å². The van der Waals surface area contributed by atoms with Crippen molar-refractivity contribution in [3.05, 3.63) is 18.2 Å². The van der Waals surface area contributed by atoms with Crippen molar-refractivity contribution in [3.8, 4) is 5.75 Å². The van der Waals surface area contributed by atoms with E-state index in [9.17, 15) is 13.5 Å². The standard InChI is InChI=1S/C11H18N2O3S/c1-4-13(8(2)3)17(15,16)9-5-6-11(14)10(12)7-9/h5-8,14H,4,12H2,1-3H3. The number of nitrogen functional groups attached to an aromatic ring is 1. The van der Waals surface area contributed by atoms with Crippen LogP contribution < -0.4 is 5.73 Å². The fourth-order valence-electron chi connectivity index (χ4n) is 1.64. The number of nitrogens with zero attached hydrogens (tertiary/aromatic N) is 1. The van der Waals surface area contributed by atoms with Gasteiger partial charge < -0.3 is 10.8 Å². The molecule has 3 N–H and O–H groups in total. The van der Waals surface area contributed by atoms with Gasteiger partial charge in [0.05, 0.1) is 10.6 Å². The van der Waals surface area contributed by atoms with Crippen molar-refractivity contribution in [2.24, 2.45) is 0 Å². The van der Waals surface area contributed by atoms with Gasteiger partial charge in [-0.1, -0.05) is 6.92 Å². The highest BCUT2D eigenvalue weighted by atomic mass is 32.2. The zero-order chi connectivity index (χ0) is 13.2. The zero-order valence-corrected chi connectivity index (χ0v) is 11.0. The van der Waals surface area contributed by atoms with Crippen molar-refractivity contribution < 1.29 is 13.5 Å². The Kier molecular flexibility index (Phi) is 4.00. The number of phenols is 1. The molecule has 0 unspecified atom stereocenters. The molecular weight excluding hydrogens is 240 g/mol. The highest BCUT2D eigenvalue weighted by molar-refractivity contribution is 7.89. The summed E-state index contributed by atoms with van der Waals surface area (Å²) in [6, 6.07) is 3.79. The van der Waals surface area contributed by atoms with E-state index in [2.05, 4.69) is 0 Å². The number of sulfonamides is 1. The number of aromatic hydroxyl groups is 1. The van der Waals surface area contributed by atoms with Crippen LogP contribution in [0.15, 0.2) is 23.1 Å². The molecule has 96 valence electrons. The van der Waals surface area contributed by atoms with E-state index in [0.717, 1.165) is 0 Å². The SMILES string of the molecule is CCN(C(C)C)S(=O)(=O)c1ccc(O)c(N)c1. The largest absolute Gasteiger partial charge is 0.506 e. The van der Waals surface area contributed by atoms with Gasteiger partial charge in [0.25, 0.3) is 0 Å². The van der Waals surface area contributed by atoms with Gasteiger partial charge in [-0.25, -0.2) is 8.42 Å². The Hall–Kier alpha value is -1.27. The van der Waals surface area contributed by atoms with Crippen LogP contribution >= 0.6 is 0 Å². The summed E-state index contributed by atoms with van der Waals surface area (Å²) in [4.78, 5) is 0.100. The summed E-state index contributed by atoms with van der Waals surface area (Å²) in [6.45, 7) is 5.79. The third-order valence-electron chi connectivity index (χ3n) is 2.49. The van der Waals surface area contributed by atoms with Crippen molar-refractivity contribution in [1.29, 1.82) is 0 Å². The van der Waals surface area contributed by atoms with E-state index in [1.807, 2.05) is 13.8 Å². The number of hydrogen-bond acceptors (Lipinski definition) is 4. The average Bonchev–Trinajstić information content (AvgIpc) is 2.21. The van der Waals surface area contributed by atoms with Gasteiger partial charge in [0.15, 0.2) is 0 Å². The number of nitrogens with two attached hydrogens (primary N) is 1. The third kappa shape index (κ3) is 2.70. The van der Waals surface area contributed by atoms with Crippen LogP contribution in [0, 0.1) is 0 Å². The summed E-state index contributed by atoms with van der Waals surface area (Å²) < 4.78 is 25.9. The molecule has 0 bridgehead atoms. The lowest BCUT2D eigenvalue weighted by molar-refractivity contribution is 0.369. The van der Waals surface area contributed by atoms with Crippen molar-refractivity contribution in [2.75, 3.05) is 12.3 Å². The smallest absolute Gasteiger partial charge is 0.243 e. The number of benzene rings is 1. The van der Waals surface area contributed by atoms with E-state index in [1.165, 1.54) is 22.5 Å². The molecule has 0 fully saturated rings. The zero-order valence-electron chi connectivity index (χ0n) is 10.2. The number of hydrogen-bond donors (Lipinski definition) is 2. The molecule has 0 aliphatic rings. The number of rotatable bonds is 4. The quantitative estimate of drug-likeness (QED) is 0.631. The molecule has 0 atom stereocenters. The molecule has 0 aliphatic heterocycles. The van der Waals surface area contributed by atoms with Crippen LogP contribution in [-0.4, -0.2) is 30.4 Å². The lowest BCUT2D eigenvalue weighted by atomic mass is 10.3. The highest BCUT2D eigenvalue weighted by Gasteiger charge is 2.25. The minimum atomic E-state index is -3.55. The summed E-state index contributed by atoms with van der Waals surface area (Å²) >= 11 is 0. The van der Waals surface area contributed by atoms with Crippen molar-refractivity contribution >= 4 is 15.7 Å². The first-order valence-electron chi connectivity index (χ1n) is 5.41. The second-order valence-electron chi connectivity index (χ2n) is 4.02. The van der Waals surface area contributed by atoms with E-state index >= 15 is 0 Å². The Bertz CT molecular complexity index is 497. The van der Waals surface area contributed by atoms with E-state index in [0.29, 0.717) is 6.54 Å². The molecule has 0 aromatic heterocycles. The van der Waals surface area contributed by atoms with E-state index in [1.54, 1.807) is 6.92 Å². The molecule has 0 aliphatic carbocycles. The Morgan fingerprint density at radius 1 is 1.41 bits per heavy atom. The number of phenolic OH excluding ortho intramolecular Hbond substituents is 1. The molecule has 0 saturated carbocycles. The van der Waals surface area contributed by atoms with Gasteiger partial charge in [0, 0.05) is 12.6 Å². The Labute approximate surface area is 102 Å². The van der Waals surface area contributed by atoms with E-state index in [4.69, 9.17) is 5.73 Å². The second kappa shape index (κ2) is 4.93. The summed E-state index contributed by atoms with van der Waals surface area (Å²) in [5.74, 6) is -0.114. The topological polar surface area (TPSA) is 83.6 Å². The van der Waals surface area contributed by atoms with Crippen LogP contribution in [-0.2, 0) is 10.0 Å². The fraction of sp³-hybridized carbons (Fsp3) is 0.455. The molecule has 1 aromatic rings. The maximum atomic E-state index is 12.3. The predicted molar refractivity (Wildman–Crippen MR) is 67.2 cm³/mol. The van der Waals surface area contributed by atoms with Crippen LogP contribution in [0.5, 0.6) is 5.75 Å². The molecule has 1 aromatic carbocycles. The lowest BCUT2D eigenvalue weighted by Crippen LogP contribution is -2.36. The first kappa shape index (κ1) is 13.8. The summed E-state index contributed by atoms with van der Waals surface area (Å²) in [5.41, 5.74) is 5.56. The Morgan fingerprint density at radius 2 is 2.00 bits per heavy atom. The Morgan fingerprint density at radius 3 is 2.41 bits per heavy atom. The molecule has 6 heteroatoms. The summed E-state index contributed by atoms with van der Waals surface area (Å²) in [6.07, 6.45) is 0. The maximum absolute atomic E-state index is 12.3. The van der Waals surface area contributed by atoms with Crippen LogP contribution in [0.3, 0.4) is 0 Å². The molecule has 0 amide bonds. The average molecular weight is 258 g/mol. The minimum absolute atomic E-state index is 0.0610. The lowest BCUT2D eigenvalue weighted by Gasteiger charge is -2.24. The van der Waals surface area contributed by atoms with Crippen LogP contribution in [0.25, 0.3) is 0 Å². The Balaban J connectivity index is 3.25. The maximum Gasteiger partial charge on any atom is 0.243 e. The summed E-state index contributed by atoms with van der Waals surface area (Å²) in [5, 5.41) is 9.28. The molecule has 5 nitrogen and oxygen atoms in total. The molecule has 0 radical (unpaired) electrons. The van der Waals surface area contributed by atoms with Gasteiger partial charge in [0.1, 0.15) is 5.75 Å². The van der Waals surface area contributed by atoms with E-state index < -0.39 is 10.0 Å². The van der Waals surface area contributed by atoms with Gasteiger partial charge >= 0.3 is 0 Å². The van der Waals surface area contributed by atoms with Gasteiger partial charge in [-0.2, -0.15) is 4.31 Å². The van der Waals surface area contributed by atoms with Gasteiger partial charge in [-0.3, -0.25) is 0 Å². The van der Waals surface area contributed by atoms with Crippen LogP contribution in [0.2, 0.25) is 0 Å². The molecular formula is C11H18N2O3S. The van der Waals surface area contributed by atoms with Gasteiger partial charge in [0.2, 0.25) is 10.0 Å². The van der Waals surface area contributed by atoms with Crippen LogP contribution in [0.1, 0.15) is 20.8 Å². The highest BCUT2D eigenvalue weighted by Crippen LogP contribution is 2.25.